The Morgan fingerprint density at radius 3 is 2.40 bits per heavy atom. The summed E-state index contributed by atoms with van der Waals surface area (Å²) in [6.07, 6.45) is 0. The average molecular weight is 495 g/mol. The third kappa shape index (κ3) is 5.72. The first-order chi connectivity index (χ1) is 17.0. The summed E-state index contributed by atoms with van der Waals surface area (Å²) in [5, 5.41) is 9.90. The predicted molar refractivity (Wildman–Crippen MR) is 134 cm³/mol. The van der Waals surface area contributed by atoms with Crippen LogP contribution in [0, 0.1) is 6.92 Å². The SMILES string of the molecule is CCOc1ccc(OCC(=O)Nc2cc(C)nn2-c2nc(-c3ccc(OC)c(OC)c3)cs2)cc1. The minimum absolute atomic E-state index is 0.146. The zero-order chi connectivity index (χ0) is 24.8. The molecule has 9 nitrogen and oxygen atoms in total. The Kier molecular flexibility index (Phi) is 7.51. The van der Waals surface area contributed by atoms with Crippen LogP contribution in [0.25, 0.3) is 16.4 Å². The van der Waals surface area contributed by atoms with E-state index in [2.05, 4.69) is 10.4 Å². The third-order valence-electron chi connectivity index (χ3n) is 4.96. The van der Waals surface area contributed by atoms with Crippen molar-refractivity contribution in [2.75, 3.05) is 32.8 Å². The Morgan fingerprint density at radius 1 is 1.00 bits per heavy atom. The summed E-state index contributed by atoms with van der Waals surface area (Å²) in [7, 11) is 3.19. The molecule has 1 N–H and O–H groups in total. The van der Waals surface area contributed by atoms with Gasteiger partial charge in [-0.1, -0.05) is 0 Å². The van der Waals surface area contributed by atoms with Gasteiger partial charge in [-0.05, 0) is 56.3 Å². The summed E-state index contributed by atoms with van der Waals surface area (Å²) in [6, 6.07) is 14.5. The van der Waals surface area contributed by atoms with E-state index in [9.17, 15) is 4.79 Å². The number of anilines is 1. The van der Waals surface area contributed by atoms with E-state index in [4.69, 9.17) is 23.9 Å². The predicted octanol–water partition coefficient (Wildman–Crippen LogP) is 4.74. The molecule has 182 valence electrons. The standard InChI is InChI=1S/C25H26N4O5S/c1-5-33-18-7-9-19(10-8-18)34-14-24(30)27-23-12-16(2)28-29(23)25-26-20(15-35-25)17-6-11-21(31-3)22(13-17)32-4/h6-13,15H,5,14H2,1-4H3,(H,27,30). The van der Waals surface area contributed by atoms with Crippen molar-refractivity contribution in [1.29, 1.82) is 0 Å². The first-order valence-corrected chi connectivity index (χ1v) is 11.8. The molecule has 0 saturated carbocycles. The molecule has 1 amide bonds. The number of methoxy groups -OCH3 is 2. The van der Waals surface area contributed by atoms with Gasteiger partial charge in [-0.2, -0.15) is 9.78 Å². The topological polar surface area (TPSA) is 96.7 Å². The van der Waals surface area contributed by atoms with E-state index in [1.807, 2.05) is 37.4 Å². The maximum Gasteiger partial charge on any atom is 0.263 e. The van der Waals surface area contributed by atoms with Crippen LogP contribution >= 0.6 is 11.3 Å². The molecule has 0 fully saturated rings. The maximum atomic E-state index is 12.6. The first kappa shape index (κ1) is 24.1. The van der Waals surface area contributed by atoms with Gasteiger partial charge in [-0.15, -0.1) is 11.3 Å². The van der Waals surface area contributed by atoms with Crippen molar-refractivity contribution in [2.24, 2.45) is 0 Å². The molecule has 0 saturated heterocycles. The number of benzene rings is 2. The molecular weight excluding hydrogens is 468 g/mol. The lowest BCUT2D eigenvalue weighted by Gasteiger charge is -2.09. The Balaban J connectivity index is 1.46. The molecule has 0 unspecified atom stereocenters. The average Bonchev–Trinajstić information content (AvgIpc) is 3.50. The van der Waals surface area contributed by atoms with E-state index in [1.54, 1.807) is 49.2 Å². The third-order valence-corrected chi connectivity index (χ3v) is 5.77. The van der Waals surface area contributed by atoms with Crippen molar-refractivity contribution < 1.29 is 23.7 Å². The molecule has 4 rings (SSSR count). The van der Waals surface area contributed by atoms with Gasteiger partial charge in [0.25, 0.3) is 5.91 Å². The van der Waals surface area contributed by atoms with Crippen LogP contribution in [0.1, 0.15) is 12.6 Å². The second-order valence-electron chi connectivity index (χ2n) is 7.41. The second kappa shape index (κ2) is 10.9. The minimum Gasteiger partial charge on any atom is -0.494 e. The van der Waals surface area contributed by atoms with Gasteiger partial charge < -0.3 is 24.3 Å². The number of amides is 1. The number of aryl methyl sites for hydroxylation is 1. The summed E-state index contributed by atoms with van der Waals surface area (Å²) in [5.74, 6) is 2.79. The number of rotatable bonds is 10. The number of ether oxygens (including phenoxy) is 4. The molecule has 0 aliphatic rings. The maximum absolute atomic E-state index is 12.6. The molecule has 35 heavy (non-hydrogen) atoms. The zero-order valence-electron chi connectivity index (χ0n) is 19.9. The highest BCUT2D eigenvalue weighted by atomic mass is 32.1. The quantitative estimate of drug-likeness (QED) is 0.340. The molecule has 0 aliphatic heterocycles. The Labute approximate surface area is 207 Å². The highest BCUT2D eigenvalue weighted by Crippen LogP contribution is 2.33. The summed E-state index contributed by atoms with van der Waals surface area (Å²) in [6.45, 7) is 4.22. The highest BCUT2D eigenvalue weighted by Gasteiger charge is 2.16. The number of carbonyl (C=O) groups is 1. The van der Waals surface area contributed by atoms with Crippen molar-refractivity contribution in [1.82, 2.24) is 14.8 Å². The van der Waals surface area contributed by atoms with Crippen LogP contribution in [0.3, 0.4) is 0 Å². The monoisotopic (exact) mass is 494 g/mol. The number of thiazole rings is 1. The zero-order valence-corrected chi connectivity index (χ0v) is 20.7. The van der Waals surface area contributed by atoms with Gasteiger partial charge in [-0.3, -0.25) is 4.79 Å². The van der Waals surface area contributed by atoms with E-state index in [0.29, 0.717) is 34.8 Å². The fourth-order valence-electron chi connectivity index (χ4n) is 3.35. The summed E-state index contributed by atoms with van der Waals surface area (Å²) in [4.78, 5) is 17.3. The van der Waals surface area contributed by atoms with Gasteiger partial charge in [-0.25, -0.2) is 4.98 Å². The molecule has 0 bridgehead atoms. The molecule has 10 heteroatoms. The van der Waals surface area contributed by atoms with Crippen LogP contribution in [0.4, 0.5) is 5.82 Å². The molecule has 2 heterocycles. The van der Waals surface area contributed by atoms with Crippen LogP contribution in [0.2, 0.25) is 0 Å². The Bertz CT molecular complexity index is 1300. The van der Waals surface area contributed by atoms with Crippen LogP contribution < -0.4 is 24.3 Å². The fourth-order valence-corrected chi connectivity index (χ4v) is 4.15. The van der Waals surface area contributed by atoms with Crippen molar-refractivity contribution in [3.8, 4) is 39.4 Å². The number of nitrogens with zero attached hydrogens (tertiary/aromatic N) is 3. The van der Waals surface area contributed by atoms with Gasteiger partial charge in [0.1, 0.15) is 17.3 Å². The number of hydrogen-bond acceptors (Lipinski definition) is 8. The number of aromatic nitrogens is 3. The molecule has 0 aliphatic carbocycles. The minimum atomic E-state index is -0.309. The smallest absolute Gasteiger partial charge is 0.263 e. The lowest BCUT2D eigenvalue weighted by Crippen LogP contribution is -2.21. The molecular formula is C25H26N4O5S. The van der Waals surface area contributed by atoms with E-state index in [0.717, 1.165) is 22.7 Å². The fraction of sp³-hybridized carbons (Fsp3) is 0.240. The van der Waals surface area contributed by atoms with E-state index < -0.39 is 0 Å². The summed E-state index contributed by atoms with van der Waals surface area (Å²) in [5.41, 5.74) is 2.38. The Morgan fingerprint density at radius 2 is 1.71 bits per heavy atom. The van der Waals surface area contributed by atoms with Crippen LogP contribution in [-0.2, 0) is 4.79 Å². The summed E-state index contributed by atoms with van der Waals surface area (Å²) < 4.78 is 23.3. The molecule has 0 atom stereocenters. The lowest BCUT2D eigenvalue weighted by atomic mass is 10.1. The molecule has 2 aromatic carbocycles. The van der Waals surface area contributed by atoms with Crippen LogP contribution in [0.5, 0.6) is 23.0 Å². The number of hydrogen-bond donors (Lipinski definition) is 1. The number of carbonyl (C=O) groups excluding carboxylic acids is 1. The summed E-state index contributed by atoms with van der Waals surface area (Å²) >= 11 is 1.41. The van der Waals surface area contributed by atoms with E-state index in [1.165, 1.54) is 11.3 Å². The Hall–Kier alpha value is -4.05. The van der Waals surface area contributed by atoms with Crippen molar-refractivity contribution in [2.45, 2.75) is 13.8 Å². The van der Waals surface area contributed by atoms with Gasteiger partial charge in [0, 0.05) is 17.0 Å². The molecule has 0 spiro atoms. The van der Waals surface area contributed by atoms with Gasteiger partial charge in [0.2, 0.25) is 5.13 Å². The van der Waals surface area contributed by atoms with Crippen LogP contribution in [-0.4, -0.2) is 48.1 Å². The highest BCUT2D eigenvalue weighted by molar-refractivity contribution is 7.12. The lowest BCUT2D eigenvalue weighted by molar-refractivity contribution is -0.118. The molecule has 4 aromatic rings. The van der Waals surface area contributed by atoms with Gasteiger partial charge in [0.05, 0.1) is 32.2 Å². The molecule has 0 radical (unpaired) electrons. The van der Waals surface area contributed by atoms with Gasteiger partial charge in [0.15, 0.2) is 18.1 Å². The van der Waals surface area contributed by atoms with Crippen LogP contribution in [0.15, 0.2) is 53.9 Å². The largest absolute Gasteiger partial charge is 0.494 e. The second-order valence-corrected chi connectivity index (χ2v) is 8.25. The van der Waals surface area contributed by atoms with Crippen molar-refractivity contribution in [3.05, 3.63) is 59.6 Å². The first-order valence-electron chi connectivity index (χ1n) is 10.9. The molecule has 2 aromatic heterocycles. The normalized spacial score (nSPS) is 10.6. The van der Waals surface area contributed by atoms with Crippen molar-refractivity contribution in [3.63, 3.8) is 0 Å². The van der Waals surface area contributed by atoms with Gasteiger partial charge >= 0.3 is 0 Å². The van der Waals surface area contributed by atoms with E-state index in [-0.39, 0.29) is 12.5 Å². The number of nitrogens with one attached hydrogen (secondary N) is 1. The van der Waals surface area contributed by atoms with E-state index >= 15 is 0 Å². The van der Waals surface area contributed by atoms with Crippen molar-refractivity contribution >= 4 is 23.1 Å².